The fraction of sp³-hybridized carbons (Fsp3) is 0.200. The van der Waals surface area contributed by atoms with Crippen LogP contribution in [0.4, 0.5) is 0 Å². The van der Waals surface area contributed by atoms with Crippen molar-refractivity contribution in [3.05, 3.63) is 35.4 Å². The highest BCUT2D eigenvalue weighted by molar-refractivity contribution is 7.84. The summed E-state index contributed by atoms with van der Waals surface area (Å²) in [6.45, 7) is 0. The van der Waals surface area contributed by atoms with E-state index in [4.69, 9.17) is 10.8 Å². The average Bonchev–Trinajstić information content (AvgIpc) is 2.16. The van der Waals surface area contributed by atoms with Crippen molar-refractivity contribution in [3.8, 4) is 0 Å². The van der Waals surface area contributed by atoms with Crippen LogP contribution in [-0.2, 0) is 21.3 Å². The van der Waals surface area contributed by atoms with Crippen LogP contribution in [0.5, 0.6) is 0 Å². The Hall–Kier alpha value is -1.69. The van der Waals surface area contributed by atoms with Gasteiger partial charge in [-0.25, -0.2) is 4.79 Å². The lowest BCUT2D eigenvalue weighted by Crippen LogP contribution is -2.20. The van der Waals surface area contributed by atoms with Crippen LogP contribution in [0.1, 0.15) is 15.9 Å². The van der Waals surface area contributed by atoms with E-state index in [1.165, 1.54) is 12.1 Å². The van der Waals surface area contributed by atoms with Gasteiger partial charge in [-0.3, -0.25) is 9.00 Å². The van der Waals surface area contributed by atoms with Crippen LogP contribution in [0.3, 0.4) is 0 Å². The Bertz CT molecular complexity index is 427. The van der Waals surface area contributed by atoms with Gasteiger partial charge in [0, 0.05) is 16.6 Å². The van der Waals surface area contributed by atoms with Gasteiger partial charge >= 0.3 is 5.97 Å². The molecule has 1 atom stereocenters. The molecule has 0 saturated carbocycles. The van der Waals surface area contributed by atoms with Gasteiger partial charge in [0.05, 0.1) is 5.56 Å². The molecule has 6 heteroatoms. The van der Waals surface area contributed by atoms with E-state index in [0.29, 0.717) is 5.56 Å². The molecule has 1 aromatic rings. The topological polar surface area (TPSA) is 97.5 Å². The van der Waals surface area contributed by atoms with Crippen LogP contribution in [0.15, 0.2) is 24.3 Å². The second-order valence-corrected chi connectivity index (χ2v) is 4.65. The Morgan fingerprint density at radius 3 is 2.25 bits per heavy atom. The Morgan fingerprint density at radius 1 is 1.25 bits per heavy atom. The third-order valence-corrected chi connectivity index (χ3v) is 3.09. The van der Waals surface area contributed by atoms with Crippen molar-refractivity contribution in [2.24, 2.45) is 5.73 Å². The predicted molar refractivity (Wildman–Crippen MR) is 59.3 cm³/mol. The largest absolute Gasteiger partial charge is 0.478 e. The normalized spacial score (nSPS) is 12.0. The van der Waals surface area contributed by atoms with Gasteiger partial charge in [0.2, 0.25) is 5.91 Å². The third-order valence-electron chi connectivity index (χ3n) is 1.83. The highest BCUT2D eigenvalue weighted by Crippen LogP contribution is 2.07. The summed E-state index contributed by atoms with van der Waals surface area (Å²) >= 11 is 0. The monoisotopic (exact) mass is 241 g/mol. The van der Waals surface area contributed by atoms with Crippen molar-refractivity contribution in [2.75, 3.05) is 5.75 Å². The molecule has 3 N–H and O–H groups in total. The molecule has 0 saturated heterocycles. The van der Waals surface area contributed by atoms with Crippen molar-refractivity contribution >= 4 is 22.7 Å². The summed E-state index contributed by atoms with van der Waals surface area (Å²) in [6, 6.07) is 6.00. The van der Waals surface area contributed by atoms with Crippen LogP contribution in [0, 0.1) is 0 Å². The average molecular weight is 241 g/mol. The van der Waals surface area contributed by atoms with Crippen molar-refractivity contribution in [1.82, 2.24) is 0 Å². The molecule has 0 aliphatic carbocycles. The minimum absolute atomic E-state index is 0.171. The third kappa shape index (κ3) is 3.82. The maximum Gasteiger partial charge on any atom is 0.335 e. The molecular weight excluding hydrogens is 230 g/mol. The SMILES string of the molecule is NC(=O)CS(=O)Cc1ccc(C(=O)O)cc1. The van der Waals surface area contributed by atoms with Crippen LogP contribution in [0.25, 0.3) is 0 Å². The zero-order chi connectivity index (χ0) is 12.1. The number of carbonyl (C=O) groups excluding carboxylic acids is 1. The first-order valence-corrected chi connectivity index (χ1v) is 5.93. The van der Waals surface area contributed by atoms with Gasteiger partial charge in [-0.1, -0.05) is 12.1 Å². The second kappa shape index (κ2) is 5.41. The summed E-state index contributed by atoms with van der Waals surface area (Å²) in [5, 5.41) is 8.66. The molecule has 0 spiro atoms. The molecular formula is C10H11NO4S. The Morgan fingerprint density at radius 2 is 1.81 bits per heavy atom. The quantitative estimate of drug-likeness (QED) is 0.765. The lowest BCUT2D eigenvalue weighted by molar-refractivity contribution is -0.115. The van der Waals surface area contributed by atoms with Crippen LogP contribution >= 0.6 is 0 Å². The van der Waals surface area contributed by atoms with Gasteiger partial charge in [-0.15, -0.1) is 0 Å². The Balaban J connectivity index is 2.65. The summed E-state index contributed by atoms with van der Waals surface area (Å²) < 4.78 is 11.3. The summed E-state index contributed by atoms with van der Waals surface area (Å²) in [5.74, 6) is -1.60. The fourth-order valence-corrected chi connectivity index (χ4v) is 2.12. The van der Waals surface area contributed by atoms with E-state index < -0.39 is 22.7 Å². The maximum atomic E-state index is 11.3. The molecule has 16 heavy (non-hydrogen) atoms. The zero-order valence-corrected chi connectivity index (χ0v) is 9.20. The molecule has 1 unspecified atom stereocenters. The number of carbonyl (C=O) groups is 2. The molecule has 1 rings (SSSR count). The lowest BCUT2D eigenvalue weighted by atomic mass is 10.1. The number of amides is 1. The van der Waals surface area contributed by atoms with E-state index in [0.717, 1.165) is 0 Å². The first-order valence-electron chi connectivity index (χ1n) is 4.44. The number of carboxylic acid groups (broad SMARTS) is 1. The molecule has 86 valence electrons. The molecule has 0 aliphatic rings. The molecule has 1 aromatic carbocycles. The standard InChI is InChI=1S/C10H11NO4S/c11-9(12)6-16(15)5-7-1-3-8(4-2-7)10(13)14/h1-4H,5-6H2,(H2,11,12)(H,13,14). The van der Waals surface area contributed by atoms with E-state index in [1.807, 2.05) is 0 Å². The summed E-state index contributed by atoms with van der Waals surface area (Å²) in [6.07, 6.45) is 0. The number of hydrogen-bond donors (Lipinski definition) is 2. The molecule has 1 amide bonds. The fourth-order valence-electron chi connectivity index (χ4n) is 1.14. The lowest BCUT2D eigenvalue weighted by Gasteiger charge is -2.01. The summed E-state index contributed by atoms with van der Waals surface area (Å²) in [5.41, 5.74) is 5.78. The van der Waals surface area contributed by atoms with Crippen molar-refractivity contribution in [2.45, 2.75) is 5.75 Å². The van der Waals surface area contributed by atoms with Crippen molar-refractivity contribution < 1.29 is 18.9 Å². The second-order valence-electron chi connectivity index (χ2n) is 3.20. The molecule has 0 bridgehead atoms. The summed E-state index contributed by atoms with van der Waals surface area (Å²) in [4.78, 5) is 21.1. The Labute approximate surface area is 94.7 Å². The van der Waals surface area contributed by atoms with E-state index >= 15 is 0 Å². The summed E-state index contributed by atoms with van der Waals surface area (Å²) in [7, 11) is -1.34. The van der Waals surface area contributed by atoms with E-state index in [2.05, 4.69) is 0 Å². The molecule has 0 aliphatic heterocycles. The van der Waals surface area contributed by atoms with Crippen LogP contribution in [0.2, 0.25) is 0 Å². The highest BCUT2D eigenvalue weighted by Gasteiger charge is 2.06. The Kier molecular flexibility index (Phi) is 4.19. The van der Waals surface area contributed by atoms with Gasteiger partial charge in [0.15, 0.2) is 0 Å². The first kappa shape index (κ1) is 12.4. The first-order chi connectivity index (χ1) is 7.49. The molecule has 0 radical (unpaired) electrons. The van der Waals surface area contributed by atoms with Crippen molar-refractivity contribution in [3.63, 3.8) is 0 Å². The van der Waals surface area contributed by atoms with E-state index in [1.54, 1.807) is 12.1 Å². The number of primary amides is 1. The maximum absolute atomic E-state index is 11.3. The van der Waals surface area contributed by atoms with Crippen LogP contribution < -0.4 is 5.73 Å². The minimum atomic E-state index is -1.34. The number of aromatic carboxylic acids is 1. The molecule has 0 heterocycles. The van der Waals surface area contributed by atoms with Gasteiger partial charge in [-0.05, 0) is 17.7 Å². The molecule has 0 fully saturated rings. The number of hydrogen-bond acceptors (Lipinski definition) is 3. The minimum Gasteiger partial charge on any atom is -0.478 e. The van der Waals surface area contributed by atoms with Gasteiger partial charge in [0.1, 0.15) is 5.75 Å². The van der Waals surface area contributed by atoms with Gasteiger partial charge < -0.3 is 10.8 Å². The number of nitrogens with two attached hydrogens (primary N) is 1. The molecule has 0 aromatic heterocycles. The number of carboxylic acids is 1. The van der Waals surface area contributed by atoms with E-state index in [9.17, 15) is 13.8 Å². The van der Waals surface area contributed by atoms with Gasteiger partial charge in [0.25, 0.3) is 0 Å². The highest BCUT2D eigenvalue weighted by atomic mass is 32.2. The zero-order valence-electron chi connectivity index (χ0n) is 8.38. The van der Waals surface area contributed by atoms with E-state index in [-0.39, 0.29) is 17.1 Å². The predicted octanol–water partition coefficient (Wildman–Crippen LogP) is 0.119. The van der Waals surface area contributed by atoms with Crippen molar-refractivity contribution in [1.29, 1.82) is 0 Å². The smallest absolute Gasteiger partial charge is 0.335 e. The number of rotatable bonds is 5. The molecule has 5 nitrogen and oxygen atoms in total. The number of benzene rings is 1. The van der Waals surface area contributed by atoms with Crippen LogP contribution in [-0.4, -0.2) is 26.9 Å². The van der Waals surface area contributed by atoms with Gasteiger partial charge in [-0.2, -0.15) is 0 Å².